The summed E-state index contributed by atoms with van der Waals surface area (Å²) >= 11 is 0. The van der Waals surface area contributed by atoms with Gasteiger partial charge < -0.3 is 10.6 Å². The van der Waals surface area contributed by atoms with Crippen molar-refractivity contribution < 1.29 is 8.42 Å². The number of piperidine rings is 1. The predicted octanol–water partition coefficient (Wildman–Crippen LogP) is 0.905. The molecular formula is C12H17N3O2S. The van der Waals surface area contributed by atoms with Gasteiger partial charge >= 0.3 is 0 Å². The Morgan fingerprint density at radius 1 is 1.28 bits per heavy atom. The number of anilines is 2. The Morgan fingerprint density at radius 3 is 2.56 bits per heavy atom. The second kappa shape index (κ2) is 3.86. The van der Waals surface area contributed by atoms with E-state index in [0.717, 1.165) is 18.2 Å². The summed E-state index contributed by atoms with van der Waals surface area (Å²) in [6, 6.07) is 5.62. The summed E-state index contributed by atoms with van der Waals surface area (Å²) in [7, 11) is -3.73. The lowest BCUT2D eigenvalue weighted by molar-refractivity contribution is 0.553. The van der Waals surface area contributed by atoms with Crippen molar-refractivity contribution in [2.45, 2.75) is 30.2 Å². The molecule has 98 valence electrons. The van der Waals surface area contributed by atoms with Crippen molar-refractivity contribution in [3.8, 4) is 0 Å². The molecular weight excluding hydrogens is 250 g/mol. The zero-order chi connectivity index (χ0) is 12.9. The molecule has 0 spiro atoms. The third-order valence-corrected chi connectivity index (χ3v) is 5.03. The van der Waals surface area contributed by atoms with Crippen LogP contribution < -0.4 is 15.8 Å². The summed E-state index contributed by atoms with van der Waals surface area (Å²) in [5.74, 6) is 0.786. The lowest BCUT2D eigenvalue weighted by Gasteiger charge is -2.29. The van der Waals surface area contributed by atoms with Crippen molar-refractivity contribution in [2.24, 2.45) is 11.1 Å². The molecule has 1 heterocycles. The van der Waals surface area contributed by atoms with Crippen LogP contribution in [0.5, 0.6) is 0 Å². The van der Waals surface area contributed by atoms with E-state index >= 15 is 0 Å². The number of fused-ring (bicyclic) bond motifs is 2. The Bertz CT molecular complexity index is 585. The fraction of sp³-hybridized carbons (Fsp3) is 0.500. The third-order valence-electron chi connectivity index (χ3n) is 4.04. The molecule has 1 aromatic carbocycles. The van der Waals surface area contributed by atoms with Crippen molar-refractivity contribution in [1.29, 1.82) is 0 Å². The molecule has 1 aliphatic heterocycles. The van der Waals surface area contributed by atoms with Gasteiger partial charge in [0.05, 0.1) is 5.69 Å². The van der Waals surface area contributed by atoms with Crippen molar-refractivity contribution in [1.82, 2.24) is 0 Å². The third kappa shape index (κ3) is 1.85. The van der Waals surface area contributed by atoms with E-state index in [1.807, 2.05) is 0 Å². The lowest BCUT2D eigenvalue weighted by atomic mass is 10.1. The maximum atomic E-state index is 11.3. The molecule has 3 rings (SSSR count). The zero-order valence-corrected chi connectivity index (χ0v) is 10.9. The lowest BCUT2D eigenvalue weighted by Crippen LogP contribution is -2.31. The second-order valence-corrected chi connectivity index (χ2v) is 6.78. The molecule has 0 radical (unpaired) electrons. The first-order valence-electron chi connectivity index (χ1n) is 6.14. The SMILES string of the molecule is Nc1cc(N2CC3CCC2C3)ccc1S(N)(=O)=O. The van der Waals surface area contributed by atoms with Crippen LogP contribution in [0.4, 0.5) is 11.4 Å². The van der Waals surface area contributed by atoms with E-state index in [4.69, 9.17) is 10.9 Å². The van der Waals surface area contributed by atoms with Gasteiger partial charge in [0.2, 0.25) is 10.0 Å². The van der Waals surface area contributed by atoms with Crippen molar-refractivity contribution in [2.75, 3.05) is 17.2 Å². The highest BCUT2D eigenvalue weighted by molar-refractivity contribution is 7.89. The maximum Gasteiger partial charge on any atom is 0.240 e. The normalized spacial score (nSPS) is 26.8. The van der Waals surface area contributed by atoms with Crippen molar-refractivity contribution in [3.63, 3.8) is 0 Å². The van der Waals surface area contributed by atoms with Crippen molar-refractivity contribution >= 4 is 21.4 Å². The van der Waals surface area contributed by atoms with Gasteiger partial charge in [-0.15, -0.1) is 0 Å². The maximum absolute atomic E-state index is 11.3. The Labute approximate surface area is 107 Å². The summed E-state index contributed by atoms with van der Waals surface area (Å²) in [6.07, 6.45) is 3.78. The summed E-state index contributed by atoms with van der Waals surface area (Å²) < 4.78 is 22.6. The van der Waals surface area contributed by atoms with E-state index in [1.165, 1.54) is 25.3 Å². The first kappa shape index (κ1) is 11.8. The number of rotatable bonds is 2. The monoisotopic (exact) mass is 267 g/mol. The number of primary sulfonamides is 1. The number of benzene rings is 1. The quantitative estimate of drug-likeness (QED) is 0.779. The fourth-order valence-electron chi connectivity index (χ4n) is 3.21. The largest absolute Gasteiger partial charge is 0.398 e. The van der Waals surface area contributed by atoms with Gasteiger partial charge in [-0.3, -0.25) is 0 Å². The van der Waals surface area contributed by atoms with E-state index in [9.17, 15) is 8.42 Å². The summed E-state index contributed by atoms with van der Waals surface area (Å²) in [6.45, 7) is 1.05. The zero-order valence-electron chi connectivity index (χ0n) is 10.0. The van der Waals surface area contributed by atoms with Crippen LogP contribution in [0, 0.1) is 5.92 Å². The molecule has 6 heteroatoms. The number of nitrogens with two attached hydrogens (primary N) is 2. The Morgan fingerprint density at radius 2 is 2.06 bits per heavy atom. The predicted molar refractivity (Wildman–Crippen MR) is 70.7 cm³/mol. The van der Waals surface area contributed by atoms with Gasteiger partial charge in [0, 0.05) is 18.3 Å². The molecule has 2 unspecified atom stereocenters. The molecule has 0 aromatic heterocycles. The van der Waals surface area contributed by atoms with Crippen LogP contribution in [-0.2, 0) is 10.0 Å². The first-order valence-corrected chi connectivity index (χ1v) is 7.69. The molecule has 18 heavy (non-hydrogen) atoms. The first-order chi connectivity index (χ1) is 8.45. The van der Waals surface area contributed by atoms with E-state index in [-0.39, 0.29) is 10.6 Å². The van der Waals surface area contributed by atoms with Crippen LogP contribution in [0.1, 0.15) is 19.3 Å². The molecule has 2 bridgehead atoms. The van der Waals surface area contributed by atoms with Crippen LogP contribution in [0.25, 0.3) is 0 Å². The van der Waals surface area contributed by atoms with Crippen LogP contribution in [0.3, 0.4) is 0 Å². The average molecular weight is 267 g/mol. The smallest absolute Gasteiger partial charge is 0.240 e. The Kier molecular flexibility index (Phi) is 2.53. The van der Waals surface area contributed by atoms with Crippen LogP contribution >= 0.6 is 0 Å². The highest BCUT2D eigenvalue weighted by Gasteiger charge is 2.37. The molecule has 5 nitrogen and oxygen atoms in total. The fourth-order valence-corrected chi connectivity index (χ4v) is 3.86. The minimum absolute atomic E-state index is 0.00982. The Hall–Kier alpha value is -1.27. The number of hydrogen-bond donors (Lipinski definition) is 2. The minimum atomic E-state index is -3.73. The van der Waals surface area contributed by atoms with E-state index in [0.29, 0.717) is 6.04 Å². The molecule has 1 saturated carbocycles. The average Bonchev–Trinajstić information content (AvgIpc) is 2.88. The van der Waals surface area contributed by atoms with Crippen LogP contribution in [0.15, 0.2) is 23.1 Å². The highest BCUT2D eigenvalue weighted by atomic mass is 32.2. The van der Waals surface area contributed by atoms with Gasteiger partial charge in [0.15, 0.2) is 0 Å². The van der Waals surface area contributed by atoms with E-state index in [1.54, 1.807) is 12.1 Å². The number of nitrogens with zero attached hydrogens (tertiary/aromatic N) is 1. The molecule has 0 amide bonds. The van der Waals surface area contributed by atoms with E-state index in [2.05, 4.69) is 4.90 Å². The van der Waals surface area contributed by atoms with Gasteiger partial charge in [0.1, 0.15) is 4.90 Å². The van der Waals surface area contributed by atoms with Crippen LogP contribution in [-0.4, -0.2) is 21.0 Å². The minimum Gasteiger partial charge on any atom is -0.398 e. The molecule has 2 atom stereocenters. The summed E-state index contributed by atoms with van der Waals surface area (Å²) in [4.78, 5) is 2.34. The molecule has 1 aliphatic carbocycles. The standard InChI is InChI=1S/C12H17N3O2S/c13-11-6-10(3-4-12(11)18(14,16)17)15-7-8-1-2-9(15)5-8/h3-4,6,8-9H,1-2,5,7,13H2,(H2,14,16,17). The molecule has 1 aromatic rings. The second-order valence-electron chi connectivity index (χ2n) is 5.25. The van der Waals surface area contributed by atoms with Gasteiger partial charge in [-0.05, 0) is 43.4 Å². The number of nitrogen functional groups attached to an aromatic ring is 1. The van der Waals surface area contributed by atoms with Gasteiger partial charge in [0.25, 0.3) is 0 Å². The molecule has 2 aliphatic rings. The number of sulfonamides is 1. The Balaban J connectivity index is 1.94. The van der Waals surface area contributed by atoms with Gasteiger partial charge in [-0.1, -0.05) is 0 Å². The number of hydrogen-bond acceptors (Lipinski definition) is 4. The highest BCUT2D eigenvalue weighted by Crippen LogP contribution is 2.40. The van der Waals surface area contributed by atoms with Gasteiger partial charge in [-0.25, -0.2) is 13.6 Å². The molecule has 1 saturated heterocycles. The summed E-state index contributed by atoms with van der Waals surface area (Å²) in [5, 5.41) is 5.10. The van der Waals surface area contributed by atoms with Crippen LogP contribution in [0.2, 0.25) is 0 Å². The van der Waals surface area contributed by atoms with E-state index < -0.39 is 10.0 Å². The molecule has 2 fully saturated rings. The topological polar surface area (TPSA) is 89.4 Å². The molecule has 4 N–H and O–H groups in total. The van der Waals surface area contributed by atoms with Gasteiger partial charge in [-0.2, -0.15) is 0 Å². The summed E-state index contributed by atoms with van der Waals surface area (Å²) in [5.41, 5.74) is 7.03. The van der Waals surface area contributed by atoms with Crippen molar-refractivity contribution in [3.05, 3.63) is 18.2 Å².